The van der Waals surface area contributed by atoms with Crippen LogP contribution in [0.1, 0.15) is 23.4 Å². The van der Waals surface area contributed by atoms with Gasteiger partial charge in [0.15, 0.2) is 0 Å². The number of nitrogens with one attached hydrogen (secondary N) is 2. The fourth-order valence-corrected chi connectivity index (χ4v) is 6.10. The first-order valence-electron chi connectivity index (χ1n) is 8.07. The molecular formula is C18H20ClN3O2S2. The molecule has 2 N–H and O–H groups in total. The van der Waals surface area contributed by atoms with Crippen molar-refractivity contribution in [2.45, 2.75) is 17.2 Å². The smallest absolute Gasteiger partial charge is 0.242 e. The van der Waals surface area contributed by atoms with Crippen molar-refractivity contribution < 1.29 is 8.42 Å². The SMILES string of the molecule is CCNS(=O)(=O)c1cc(C2=CS(=N)C(c3ccccc3)N2C)ccc1Cl. The summed E-state index contributed by atoms with van der Waals surface area (Å²) in [7, 11) is -2.48. The second-order valence-corrected chi connectivity index (χ2v) is 9.46. The Morgan fingerprint density at radius 3 is 2.58 bits per heavy atom. The lowest BCUT2D eigenvalue weighted by molar-refractivity contribution is 0.469. The summed E-state index contributed by atoms with van der Waals surface area (Å²) < 4.78 is 35.7. The van der Waals surface area contributed by atoms with Crippen LogP contribution in [0.4, 0.5) is 0 Å². The number of hydrogen-bond acceptors (Lipinski definition) is 4. The number of rotatable bonds is 5. The van der Waals surface area contributed by atoms with Crippen LogP contribution in [0.3, 0.4) is 0 Å². The van der Waals surface area contributed by atoms with Crippen molar-refractivity contribution in [2.24, 2.45) is 0 Å². The van der Waals surface area contributed by atoms with Gasteiger partial charge in [-0.25, -0.2) is 13.1 Å². The van der Waals surface area contributed by atoms with Crippen LogP contribution in [-0.2, 0) is 20.7 Å². The van der Waals surface area contributed by atoms with E-state index in [-0.39, 0.29) is 21.8 Å². The van der Waals surface area contributed by atoms with Gasteiger partial charge in [0.1, 0.15) is 10.3 Å². The van der Waals surface area contributed by atoms with E-state index in [9.17, 15) is 8.42 Å². The molecule has 0 aromatic heterocycles. The minimum atomic E-state index is -3.66. The molecule has 0 saturated carbocycles. The van der Waals surface area contributed by atoms with Gasteiger partial charge in [0, 0.05) is 19.0 Å². The summed E-state index contributed by atoms with van der Waals surface area (Å²) in [6.07, 6.45) is 0. The van der Waals surface area contributed by atoms with E-state index < -0.39 is 20.7 Å². The molecular weight excluding hydrogens is 390 g/mol. The molecule has 0 bridgehead atoms. The highest BCUT2D eigenvalue weighted by Crippen LogP contribution is 2.39. The summed E-state index contributed by atoms with van der Waals surface area (Å²) in [5, 5.41) is 1.97. The van der Waals surface area contributed by atoms with Gasteiger partial charge in [0.25, 0.3) is 0 Å². The van der Waals surface area contributed by atoms with E-state index in [2.05, 4.69) is 4.72 Å². The first kappa shape index (κ1) is 19.1. The topological polar surface area (TPSA) is 73.3 Å². The molecule has 138 valence electrons. The van der Waals surface area contributed by atoms with Gasteiger partial charge in [-0.05, 0) is 23.3 Å². The average molecular weight is 410 g/mol. The Morgan fingerprint density at radius 2 is 1.92 bits per heavy atom. The molecule has 0 aliphatic carbocycles. The van der Waals surface area contributed by atoms with E-state index >= 15 is 0 Å². The minimum Gasteiger partial charge on any atom is -0.357 e. The molecule has 0 radical (unpaired) electrons. The molecule has 0 spiro atoms. The van der Waals surface area contributed by atoms with Crippen LogP contribution in [0.15, 0.2) is 58.8 Å². The van der Waals surface area contributed by atoms with Crippen molar-refractivity contribution in [3.8, 4) is 0 Å². The second kappa shape index (κ2) is 7.52. The standard InChI is InChI=1S/C18H20ClN3O2S2/c1-3-21-26(23,24)17-11-14(9-10-15(17)19)16-12-25(20)18(22(16)2)13-7-5-4-6-8-13/h4-12,18,20-21H,3H2,1-2H3. The Hall–Kier alpha value is -1.67. The molecule has 1 heterocycles. The summed E-state index contributed by atoms with van der Waals surface area (Å²) in [6, 6.07) is 14.8. The highest BCUT2D eigenvalue weighted by Gasteiger charge is 2.30. The quantitative estimate of drug-likeness (QED) is 0.784. The fraction of sp³-hybridized carbons (Fsp3) is 0.222. The van der Waals surface area contributed by atoms with Crippen LogP contribution >= 0.6 is 11.6 Å². The fourth-order valence-electron chi connectivity index (χ4n) is 2.96. The Labute approximate surface area is 161 Å². The molecule has 0 fully saturated rings. The van der Waals surface area contributed by atoms with Crippen molar-refractivity contribution in [3.05, 3.63) is 70.1 Å². The van der Waals surface area contributed by atoms with E-state index in [0.29, 0.717) is 0 Å². The molecule has 1 aliphatic heterocycles. The van der Waals surface area contributed by atoms with Crippen LogP contribution < -0.4 is 4.72 Å². The lowest BCUT2D eigenvalue weighted by Crippen LogP contribution is -2.24. The Balaban J connectivity index is 2.00. The molecule has 2 aromatic carbocycles. The molecule has 0 saturated heterocycles. The van der Waals surface area contributed by atoms with E-state index in [1.54, 1.807) is 25.1 Å². The lowest BCUT2D eigenvalue weighted by atomic mass is 10.1. The zero-order valence-electron chi connectivity index (χ0n) is 14.4. The monoisotopic (exact) mass is 409 g/mol. The van der Waals surface area contributed by atoms with Gasteiger partial charge in [-0.2, -0.15) is 0 Å². The third-order valence-electron chi connectivity index (χ3n) is 4.15. The van der Waals surface area contributed by atoms with Gasteiger partial charge in [0.05, 0.1) is 10.7 Å². The lowest BCUT2D eigenvalue weighted by Gasteiger charge is -2.26. The van der Waals surface area contributed by atoms with Crippen molar-refractivity contribution in [2.75, 3.05) is 13.6 Å². The Morgan fingerprint density at radius 1 is 1.23 bits per heavy atom. The van der Waals surface area contributed by atoms with Crippen LogP contribution in [0.25, 0.3) is 5.70 Å². The highest BCUT2D eigenvalue weighted by molar-refractivity contribution is 7.90. The van der Waals surface area contributed by atoms with Crippen LogP contribution in [0.2, 0.25) is 5.02 Å². The van der Waals surface area contributed by atoms with E-state index in [0.717, 1.165) is 16.8 Å². The first-order valence-corrected chi connectivity index (χ1v) is 11.3. The maximum atomic E-state index is 12.4. The van der Waals surface area contributed by atoms with Gasteiger partial charge in [-0.3, -0.25) is 4.78 Å². The van der Waals surface area contributed by atoms with E-state index in [4.69, 9.17) is 16.4 Å². The van der Waals surface area contributed by atoms with Gasteiger partial charge >= 0.3 is 0 Å². The number of halogens is 1. The number of sulfonamides is 1. The third kappa shape index (κ3) is 3.57. The molecule has 8 heteroatoms. The van der Waals surface area contributed by atoms with Crippen molar-refractivity contribution in [1.29, 1.82) is 4.78 Å². The summed E-state index contributed by atoms with van der Waals surface area (Å²) in [6.45, 7) is 2.01. The van der Waals surface area contributed by atoms with Crippen molar-refractivity contribution in [1.82, 2.24) is 9.62 Å². The van der Waals surface area contributed by atoms with Gasteiger partial charge in [-0.1, -0.05) is 65.6 Å². The van der Waals surface area contributed by atoms with Crippen LogP contribution in [0.5, 0.6) is 0 Å². The summed E-state index contributed by atoms with van der Waals surface area (Å²) in [5.74, 6) is 0. The third-order valence-corrected chi connectivity index (χ3v) is 7.72. The number of benzene rings is 2. The van der Waals surface area contributed by atoms with E-state index in [1.807, 2.05) is 47.7 Å². The molecule has 5 nitrogen and oxygen atoms in total. The predicted molar refractivity (Wildman–Crippen MR) is 107 cm³/mol. The molecule has 2 atom stereocenters. The maximum Gasteiger partial charge on any atom is 0.242 e. The Kier molecular flexibility index (Phi) is 5.53. The normalized spacial score (nSPS) is 20.3. The summed E-state index contributed by atoms with van der Waals surface area (Å²) >= 11 is 6.13. The highest BCUT2D eigenvalue weighted by atomic mass is 35.5. The first-order chi connectivity index (χ1) is 12.3. The van der Waals surface area contributed by atoms with Crippen LogP contribution in [-0.4, -0.2) is 26.9 Å². The maximum absolute atomic E-state index is 12.4. The molecule has 2 unspecified atom stereocenters. The van der Waals surface area contributed by atoms with E-state index in [1.165, 1.54) is 0 Å². The molecule has 26 heavy (non-hydrogen) atoms. The number of hydrogen-bond donors (Lipinski definition) is 2. The Bertz CT molecular complexity index is 975. The summed E-state index contributed by atoms with van der Waals surface area (Å²) in [5.41, 5.74) is 2.63. The van der Waals surface area contributed by atoms with Gasteiger partial charge in [0.2, 0.25) is 10.0 Å². The predicted octanol–water partition coefficient (Wildman–Crippen LogP) is 3.96. The number of nitrogens with zero attached hydrogens (tertiary/aromatic N) is 1. The summed E-state index contributed by atoms with van der Waals surface area (Å²) in [4.78, 5) is 2.08. The molecule has 2 aromatic rings. The molecule has 3 rings (SSSR count). The largest absolute Gasteiger partial charge is 0.357 e. The minimum absolute atomic E-state index is 0.0563. The van der Waals surface area contributed by atoms with Gasteiger partial charge in [-0.15, -0.1) is 0 Å². The van der Waals surface area contributed by atoms with Crippen LogP contribution in [0, 0.1) is 4.78 Å². The zero-order chi connectivity index (χ0) is 18.9. The molecule has 0 amide bonds. The van der Waals surface area contributed by atoms with Crippen molar-refractivity contribution >= 4 is 38.0 Å². The molecule has 1 aliphatic rings. The zero-order valence-corrected chi connectivity index (χ0v) is 16.8. The van der Waals surface area contributed by atoms with Gasteiger partial charge < -0.3 is 4.90 Å². The second-order valence-electron chi connectivity index (χ2n) is 5.90. The van der Waals surface area contributed by atoms with Crippen molar-refractivity contribution in [3.63, 3.8) is 0 Å². The average Bonchev–Trinajstić information content (AvgIpc) is 2.90.